The van der Waals surface area contributed by atoms with E-state index in [1.54, 1.807) is 6.92 Å². The lowest BCUT2D eigenvalue weighted by atomic mass is 10.0. The van der Waals surface area contributed by atoms with Crippen molar-refractivity contribution in [3.05, 3.63) is 80.0 Å². The fourth-order valence-corrected chi connectivity index (χ4v) is 5.05. The Kier molecular flexibility index (Phi) is 6.62. The Morgan fingerprint density at radius 3 is 2.44 bits per heavy atom. The van der Waals surface area contributed by atoms with Gasteiger partial charge in [-0.1, -0.05) is 18.2 Å². The number of nitro groups is 1. The molecule has 184 valence electrons. The van der Waals surface area contributed by atoms with Crippen LogP contribution in [-0.2, 0) is 9.53 Å². The van der Waals surface area contributed by atoms with E-state index in [1.165, 1.54) is 43.5 Å². The number of benzene rings is 2. The highest BCUT2D eigenvalue weighted by Crippen LogP contribution is 2.40. The molecule has 1 aliphatic heterocycles. The number of amides is 3. The summed E-state index contributed by atoms with van der Waals surface area (Å²) in [4.78, 5) is 62.6. The van der Waals surface area contributed by atoms with E-state index in [2.05, 4.69) is 5.32 Å². The monoisotopic (exact) mass is 511 g/mol. The van der Waals surface area contributed by atoms with Gasteiger partial charge in [0.05, 0.1) is 17.6 Å². The third kappa shape index (κ3) is 4.33. The molecular weight excluding hydrogens is 493 g/mol. The Hall–Kier alpha value is -4.45. The second-order valence-electron chi connectivity index (χ2n) is 7.75. The molecule has 0 fully saturated rings. The van der Waals surface area contributed by atoms with Crippen LogP contribution in [-0.4, -0.2) is 47.2 Å². The molecule has 0 spiro atoms. The second kappa shape index (κ2) is 9.66. The van der Waals surface area contributed by atoms with Gasteiger partial charge in [-0.25, -0.2) is 9.18 Å². The summed E-state index contributed by atoms with van der Waals surface area (Å²) in [5.74, 6) is -3.33. The average Bonchev–Trinajstić information content (AvgIpc) is 3.30. The van der Waals surface area contributed by atoms with Gasteiger partial charge < -0.3 is 10.1 Å². The molecule has 0 unspecified atom stereocenters. The van der Waals surface area contributed by atoms with Crippen LogP contribution in [0.2, 0.25) is 0 Å². The summed E-state index contributed by atoms with van der Waals surface area (Å²) in [6.45, 7) is 1.41. The van der Waals surface area contributed by atoms with E-state index in [9.17, 15) is 33.7 Å². The number of rotatable bonds is 7. The van der Waals surface area contributed by atoms with Gasteiger partial charge in [-0.05, 0) is 30.7 Å². The third-order valence-corrected chi connectivity index (χ3v) is 6.62. The maximum absolute atomic E-state index is 13.4. The smallest absolute Gasteiger partial charge is 0.341 e. The number of nitrogens with one attached hydrogen (secondary N) is 1. The van der Waals surface area contributed by atoms with Gasteiger partial charge in [-0.2, -0.15) is 0 Å². The summed E-state index contributed by atoms with van der Waals surface area (Å²) in [6, 6.07) is 9.26. The van der Waals surface area contributed by atoms with Crippen molar-refractivity contribution >= 4 is 45.7 Å². The molecule has 4 rings (SSSR count). The molecule has 3 amide bonds. The van der Waals surface area contributed by atoms with Gasteiger partial charge in [-0.3, -0.25) is 29.4 Å². The topological polar surface area (TPSA) is 136 Å². The fraction of sp³-hybridized carbons (Fsp3) is 0.167. The zero-order valence-electron chi connectivity index (χ0n) is 19.0. The third-order valence-electron chi connectivity index (χ3n) is 5.60. The highest BCUT2D eigenvalue weighted by atomic mass is 32.1. The van der Waals surface area contributed by atoms with Gasteiger partial charge in [0.25, 0.3) is 17.5 Å². The molecule has 0 aliphatic carbocycles. The molecule has 3 aromatic rings. The van der Waals surface area contributed by atoms with Gasteiger partial charge in [0.1, 0.15) is 21.9 Å². The molecule has 0 radical (unpaired) electrons. The number of aryl methyl sites for hydroxylation is 1. The van der Waals surface area contributed by atoms with E-state index in [-0.39, 0.29) is 34.7 Å². The van der Waals surface area contributed by atoms with Crippen LogP contribution in [0.4, 0.5) is 15.1 Å². The van der Waals surface area contributed by atoms with Crippen LogP contribution in [0.1, 0.15) is 42.4 Å². The minimum Gasteiger partial charge on any atom is -0.465 e. The van der Waals surface area contributed by atoms with Crippen molar-refractivity contribution in [2.75, 3.05) is 19.0 Å². The van der Waals surface area contributed by atoms with E-state index < -0.39 is 40.1 Å². The molecule has 0 saturated heterocycles. The Morgan fingerprint density at radius 2 is 1.81 bits per heavy atom. The molecule has 0 atom stereocenters. The number of carbonyl (C=O) groups excluding carboxylic acids is 4. The van der Waals surface area contributed by atoms with Crippen molar-refractivity contribution in [2.45, 2.75) is 13.3 Å². The lowest BCUT2D eigenvalue weighted by molar-refractivity contribution is -0.385. The van der Waals surface area contributed by atoms with E-state index in [4.69, 9.17) is 4.74 Å². The predicted molar refractivity (Wildman–Crippen MR) is 127 cm³/mol. The molecule has 12 heteroatoms. The fourth-order valence-electron chi connectivity index (χ4n) is 3.97. The average molecular weight is 511 g/mol. The van der Waals surface area contributed by atoms with Crippen molar-refractivity contribution in [3.63, 3.8) is 0 Å². The minimum atomic E-state index is -0.851. The molecule has 2 aromatic carbocycles. The number of imide groups is 1. The summed E-state index contributed by atoms with van der Waals surface area (Å²) >= 11 is 1.12. The number of hydrogen-bond acceptors (Lipinski definition) is 8. The zero-order valence-corrected chi connectivity index (χ0v) is 19.8. The highest BCUT2D eigenvalue weighted by Gasteiger charge is 2.40. The van der Waals surface area contributed by atoms with Crippen molar-refractivity contribution in [1.82, 2.24) is 4.90 Å². The minimum absolute atomic E-state index is 0.0938. The number of esters is 1. The number of thiophene rings is 1. The van der Waals surface area contributed by atoms with E-state index in [0.717, 1.165) is 22.3 Å². The summed E-state index contributed by atoms with van der Waals surface area (Å²) in [7, 11) is 1.19. The van der Waals surface area contributed by atoms with Crippen molar-refractivity contribution < 1.29 is 33.2 Å². The number of halogens is 1. The first-order chi connectivity index (χ1) is 17.1. The Labute approximate surface area is 207 Å². The van der Waals surface area contributed by atoms with Crippen LogP contribution >= 0.6 is 11.3 Å². The summed E-state index contributed by atoms with van der Waals surface area (Å²) in [6.07, 6.45) is -0.317. The van der Waals surface area contributed by atoms with Crippen LogP contribution < -0.4 is 5.32 Å². The summed E-state index contributed by atoms with van der Waals surface area (Å²) in [5.41, 5.74) is 0.242. The zero-order chi connectivity index (χ0) is 26.1. The largest absolute Gasteiger partial charge is 0.465 e. The Morgan fingerprint density at radius 1 is 1.11 bits per heavy atom. The van der Waals surface area contributed by atoms with Gasteiger partial charge in [-0.15, -0.1) is 11.3 Å². The number of anilines is 1. The second-order valence-corrected chi connectivity index (χ2v) is 8.98. The summed E-state index contributed by atoms with van der Waals surface area (Å²) in [5, 5.41) is 14.1. The molecular formula is C24H18FN3O7S. The highest BCUT2D eigenvalue weighted by molar-refractivity contribution is 7.17. The lowest BCUT2D eigenvalue weighted by Crippen LogP contribution is -2.33. The van der Waals surface area contributed by atoms with Crippen molar-refractivity contribution in [1.29, 1.82) is 0 Å². The number of hydrogen-bond donors (Lipinski definition) is 1. The molecule has 0 bridgehead atoms. The van der Waals surface area contributed by atoms with E-state index >= 15 is 0 Å². The van der Waals surface area contributed by atoms with Crippen LogP contribution in [0.15, 0.2) is 42.5 Å². The number of fused-ring (bicyclic) bond motifs is 1. The van der Waals surface area contributed by atoms with Crippen LogP contribution in [0.3, 0.4) is 0 Å². The van der Waals surface area contributed by atoms with E-state index in [1.807, 2.05) is 0 Å². The standard InChI is InChI=1S/C24H18FN3O7S/c1-12-18(13-6-8-14(25)9-7-13)20(24(32)35-2)21(36-12)26-17(29)10-11-27-22(30)15-4-3-5-16(28(33)34)19(15)23(27)31/h3-9H,10-11H2,1-2H3,(H,26,29). The molecule has 0 saturated carbocycles. The summed E-state index contributed by atoms with van der Waals surface area (Å²) < 4.78 is 18.3. The molecule has 36 heavy (non-hydrogen) atoms. The van der Waals surface area contributed by atoms with Gasteiger partial charge in [0.15, 0.2) is 0 Å². The number of nitro benzene ring substituents is 1. The Balaban J connectivity index is 1.54. The van der Waals surface area contributed by atoms with Gasteiger partial charge >= 0.3 is 5.97 Å². The first-order valence-electron chi connectivity index (χ1n) is 10.5. The SMILES string of the molecule is COC(=O)c1c(NC(=O)CCN2C(=O)c3cccc([N+](=O)[O-])c3C2=O)sc(C)c1-c1ccc(F)cc1. The van der Waals surface area contributed by atoms with Crippen LogP contribution in [0.25, 0.3) is 11.1 Å². The maximum atomic E-state index is 13.4. The molecule has 10 nitrogen and oxygen atoms in total. The first kappa shape index (κ1) is 24.7. The number of ether oxygens (including phenoxy) is 1. The number of nitrogens with zero attached hydrogens (tertiary/aromatic N) is 2. The molecule has 1 aromatic heterocycles. The van der Waals surface area contributed by atoms with Crippen LogP contribution in [0, 0.1) is 22.9 Å². The number of methoxy groups -OCH3 is 1. The van der Waals surface area contributed by atoms with Gasteiger partial charge in [0, 0.05) is 29.5 Å². The van der Waals surface area contributed by atoms with Gasteiger partial charge in [0.2, 0.25) is 5.91 Å². The lowest BCUT2D eigenvalue weighted by Gasteiger charge is -2.13. The van der Waals surface area contributed by atoms with Crippen LogP contribution in [0.5, 0.6) is 0 Å². The molecule has 1 aliphatic rings. The first-order valence-corrected chi connectivity index (χ1v) is 11.4. The Bertz CT molecular complexity index is 1430. The quantitative estimate of drug-likeness (QED) is 0.217. The van der Waals surface area contributed by atoms with E-state index in [0.29, 0.717) is 16.0 Å². The molecule has 1 N–H and O–H groups in total. The van der Waals surface area contributed by atoms with Crippen molar-refractivity contribution in [2.24, 2.45) is 0 Å². The normalized spacial score (nSPS) is 12.5. The van der Waals surface area contributed by atoms with Crippen molar-refractivity contribution in [3.8, 4) is 11.1 Å². The predicted octanol–water partition coefficient (Wildman–Crippen LogP) is 4.18. The molecule has 2 heterocycles. The maximum Gasteiger partial charge on any atom is 0.341 e. The number of carbonyl (C=O) groups is 4.